The van der Waals surface area contributed by atoms with Crippen molar-refractivity contribution in [2.75, 3.05) is 26.7 Å². The molecule has 0 rings (SSSR count). The fourth-order valence-corrected chi connectivity index (χ4v) is 2.06. The molecular weight excluding hydrogens is 244 g/mol. The lowest BCUT2D eigenvalue weighted by atomic mass is 9.96. The lowest BCUT2D eigenvalue weighted by Crippen LogP contribution is -2.36. The van der Waals surface area contributed by atoms with Crippen molar-refractivity contribution in [2.45, 2.75) is 46.0 Å². The normalized spacial score (nSPS) is 12.0. The van der Waals surface area contributed by atoms with Crippen LogP contribution < -0.4 is 5.73 Å². The predicted octanol–water partition coefficient (Wildman–Crippen LogP) is 1.55. The van der Waals surface area contributed by atoms with Gasteiger partial charge < -0.3 is 15.4 Å². The molecule has 0 aromatic carbocycles. The van der Waals surface area contributed by atoms with E-state index in [2.05, 4.69) is 11.7 Å². The van der Waals surface area contributed by atoms with Gasteiger partial charge in [-0.05, 0) is 31.7 Å². The Balaban J connectivity index is 4.26. The predicted molar refractivity (Wildman–Crippen MR) is 75.6 cm³/mol. The Hall–Kier alpha value is -1.10. The highest BCUT2D eigenvalue weighted by molar-refractivity contribution is 5.82. The maximum Gasteiger partial charge on any atom is 0.325 e. The summed E-state index contributed by atoms with van der Waals surface area (Å²) in [7, 11) is 1.34. The van der Waals surface area contributed by atoms with Gasteiger partial charge in [0.1, 0.15) is 6.54 Å². The van der Waals surface area contributed by atoms with Crippen molar-refractivity contribution in [3.8, 4) is 0 Å². The van der Waals surface area contributed by atoms with Gasteiger partial charge in [-0.2, -0.15) is 0 Å². The molecule has 19 heavy (non-hydrogen) atoms. The molecule has 1 unspecified atom stereocenters. The Kier molecular flexibility index (Phi) is 10.2. The maximum absolute atomic E-state index is 12.1. The van der Waals surface area contributed by atoms with E-state index >= 15 is 0 Å². The molecule has 0 aliphatic heterocycles. The lowest BCUT2D eigenvalue weighted by molar-refractivity contribution is -0.147. The van der Waals surface area contributed by atoms with Crippen LogP contribution in [0.3, 0.4) is 0 Å². The molecule has 0 aliphatic rings. The molecule has 0 aromatic heterocycles. The molecule has 0 saturated carbocycles. The standard InChI is InChI=1S/C14H28N2O3/c1-4-10-16(11-14(18)19-3)13(17)7-6-12(5-2)8-9-15/h12H,4-11,15H2,1-3H3. The van der Waals surface area contributed by atoms with Crippen LogP contribution in [0.1, 0.15) is 46.0 Å². The van der Waals surface area contributed by atoms with Gasteiger partial charge in [0.05, 0.1) is 7.11 Å². The second kappa shape index (κ2) is 10.8. The van der Waals surface area contributed by atoms with E-state index in [9.17, 15) is 9.59 Å². The summed E-state index contributed by atoms with van der Waals surface area (Å²) in [6.45, 7) is 5.41. The fourth-order valence-electron chi connectivity index (χ4n) is 2.06. The third kappa shape index (κ3) is 7.82. The minimum absolute atomic E-state index is 0.0303. The molecule has 2 N–H and O–H groups in total. The highest BCUT2D eigenvalue weighted by Gasteiger charge is 2.17. The summed E-state index contributed by atoms with van der Waals surface area (Å²) < 4.78 is 4.61. The molecule has 5 heteroatoms. The van der Waals surface area contributed by atoms with Crippen LogP contribution >= 0.6 is 0 Å². The Morgan fingerprint density at radius 3 is 2.42 bits per heavy atom. The van der Waals surface area contributed by atoms with Gasteiger partial charge in [0, 0.05) is 13.0 Å². The highest BCUT2D eigenvalue weighted by Crippen LogP contribution is 2.15. The number of nitrogens with zero attached hydrogens (tertiary/aromatic N) is 1. The number of amides is 1. The number of methoxy groups -OCH3 is 1. The zero-order valence-corrected chi connectivity index (χ0v) is 12.5. The summed E-state index contributed by atoms with van der Waals surface area (Å²) >= 11 is 0. The summed E-state index contributed by atoms with van der Waals surface area (Å²) in [5.74, 6) is 0.161. The number of esters is 1. The van der Waals surface area contributed by atoms with E-state index in [0.717, 1.165) is 25.7 Å². The van der Waals surface area contributed by atoms with Crippen LogP contribution in [0.5, 0.6) is 0 Å². The summed E-state index contributed by atoms with van der Waals surface area (Å²) in [4.78, 5) is 24.9. The third-order valence-electron chi connectivity index (χ3n) is 3.31. The second-order valence-electron chi connectivity index (χ2n) is 4.78. The first-order chi connectivity index (χ1) is 9.08. The van der Waals surface area contributed by atoms with Crippen LogP contribution in [0.4, 0.5) is 0 Å². The zero-order chi connectivity index (χ0) is 14.7. The minimum atomic E-state index is -0.365. The fraction of sp³-hybridized carbons (Fsp3) is 0.857. The van der Waals surface area contributed by atoms with Gasteiger partial charge in [-0.1, -0.05) is 20.3 Å². The Morgan fingerprint density at radius 2 is 1.95 bits per heavy atom. The largest absolute Gasteiger partial charge is 0.468 e. The Morgan fingerprint density at radius 1 is 1.26 bits per heavy atom. The van der Waals surface area contributed by atoms with Crippen molar-refractivity contribution in [1.82, 2.24) is 4.90 Å². The van der Waals surface area contributed by atoms with E-state index in [-0.39, 0.29) is 18.4 Å². The van der Waals surface area contributed by atoms with Crippen molar-refractivity contribution in [3.05, 3.63) is 0 Å². The first-order valence-electron chi connectivity index (χ1n) is 7.13. The SMILES string of the molecule is CCCN(CC(=O)OC)C(=O)CCC(CC)CCN. The van der Waals surface area contributed by atoms with Gasteiger partial charge in [-0.3, -0.25) is 9.59 Å². The molecule has 0 aromatic rings. The van der Waals surface area contributed by atoms with Crippen molar-refractivity contribution in [3.63, 3.8) is 0 Å². The van der Waals surface area contributed by atoms with Gasteiger partial charge in [0.15, 0.2) is 0 Å². The Labute approximate surface area is 116 Å². The van der Waals surface area contributed by atoms with Gasteiger partial charge in [-0.15, -0.1) is 0 Å². The molecule has 0 aliphatic carbocycles. The average molecular weight is 272 g/mol. The maximum atomic E-state index is 12.1. The molecule has 5 nitrogen and oxygen atoms in total. The monoisotopic (exact) mass is 272 g/mol. The number of hydrogen-bond acceptors (Lipinski definition) is 4. The molecule has 0 bridgehead atoms. The van der Waals surface area contributed by atoms with Crippen LogP contribution in [0.15, 0.2) is 0 Å². The van der Waals surface area contributed by atoms with Crippen LogP contribution in [-0.2, 0) is 14.3 Å². The molecule has 1 atom stereocenters. The van der Waals surface area contributed by atoms with E-state index in [1.807, 2.05) is 6.92 Å². The van der Waals surface area contributed by atoms with E-state index in [0.29, 0.717) is 25.4 Å². The Bertz CT molecular complexity index is 269. The van der Waals surface area contributed by atoms with Gasteiger partial charge in [-0.25, -0.2) is 0 Å². The molecule has 0 radical (unpaired) electrons. The van der Waals surface area contributed by atoms with Crippen LogP contribution in [-0.4, -0.2) is 43.5 Å². The van der Waals surface area contributed by atoms with Gasteiger partial charge in [0.2, 0.25) is 5.91 Å². The molecular formula is C14H28N2O3. The number of carbonyl (C=O) groups excluding carboxylic acids is 2. The average Bonchev–Trinajstić information content (AvgIpc) is 2.42. The summed E-state index contributed by atoms with van der Waals surface area (Å²) in [6, 6.07) is 0. The number of hydrogen-bond donors (Lipinski definition) is 1. The van der Waals surface area contributed by atoms with E-state index < -0.39 is 0 Å². The summed E-state index contributed by atoms with van der Waals surface area (Å²) in [6.07, 6.45) is 4.15. The van der Waals surface area contributed by atoms with Crippen molar-refractivity contribution in [1.29, 1.82) is 0 Å². The van der Waals surface area contributed by atoms with E-state index in [1.54, 1.807) is 4.90 Å². The van der Waals surface area contributed by atoms with E-state index in [4.69, 9.17) is 5.73 Å². The highest BCUT2D eigenvalue weighted by atomic mass is 16.5. The van der Waals surface area contributed by atoms with Crippen LogP contribution in [0.25, 0.3) is 0 Å². The van der Waals surface area contributed by atoms with Crippen molar-refractivity contribution >= 4 is 11.9 Å². The lowest BCUT2D eigenvalue weighted by Gasteiger charge is -2.22. The molecule has 1 amide bonds. The molecule has 112 valence electrons. The topological polar surface area (TPSA) is 72.6 Å². The summed E-state index contributed by atoms with van der Waals surface area (Å²) in [5, 5.41) is 0. The van der Waals surface area contributed by atoms with Crippen LogP contribution in [0, 0.1) is 5.92 Å². The number of nitrogens with two attached hydrogens (primary N) is 1. The van der Waals surface area contributed by atoms with Crippen LogP contribution in [0.2, 0.25) is 0 Å². The van der Waals surface area contributed by atoms with Gasteiger partial charge >= 0.3 is 5.97 Å². The quantitative estimate of drug-likeness (QED) is 0.612. The minimum Gasteiger partial charge on any atom is -0.468 e. The van der Waals surface area contributed by atoms with Crippen molar-refractivity contribution in [2.24, 2.45) is 11.7 Å². The second-order valence-corrected chi connectivity index (χ2v) is 4.78. The third-order valence-corrected chi connectivity index (χ3v) is 3.31. The van der Waals surface area contributed by atoms with E-state index in [1.165, 1.54) is 7.11 Å². The first kappa shape index (κ1) is 17.9. The number of ether oxygens (including phenoxy) is 1. The molecule has 0 spiro atoms. The molecule has 0 heterocycles. The molecule has 0 saturated heterocycles. The number of carbonyl (C=O) groups is 2. The molecule has 0 fully saturated rings. The smallest absolute Gasteiger partial charge is 0.325 e. The summed E-state index contributed by atoms with van der Waals surface area (Å²) in [5.41, 5.74) is 5.55. The number of rotatable bonds is 10. The van der Waals surface area contributed by atoms with Gasteiger partial charge in [0.25, 0.3) is 0 Å². The first-order valence-corrected chi connectivity index (χ1v) is 7.13. The zero-order valence-electron chi connectivity index (χ0n) is 12.5. The van der Waals surface area contributed by atoms with Crippen molar-refractivity contribution < 1.29 is 14.3 Å².